The SMILES string of the molecule is CC(C)CCC[C@@]1(C)CCC(=O)O1. The van der Waals surface area contributed by atoms with E-state index in [1.165, 1.54) is 12.8 Å². The van der Waals surface area contributed by atoms with Gasteiger partial charge in [-0.15, -0.1) is 0 Å². The molecule has 0 spiro atoms. The van der Waals surface area contributed by atoms with E-state index in [4.69, 9.17) is 4.74 Å². The molecular formula is C11H20O2. The highest BCUT2D eigenvalue weighted by atomic mass is 16.6. The van der Waals surface area contributed by atoms with E-state index in [9.17, 15) is 4.79 Å². The van der Waals surface area contributed by atoms with E-state index >= 15 is 0 Å². The van der Waals surface area contributed by atoms with Gasteiger partial charge in [-0.3, -0.25) is 4.79 Å². The highest BCUT2D eigenvalue weighted by Crippen LogP contribution is 2.31. The minimum atomic E-state index is -0.147. The van der Waals surface area contributed by atoms with Gasteiger partial charge in [0.2, 0.25) is 0 Å². The molecule has 0 radical (unpaired) electrons. The van der Waals surface area contributed by atoms with Crippen LogP contribution < -0.4 is 0 Å². The van der Waals surface area contributed by atoms with E-state index in [0.717, 1.165) is 18.8 Å². The van der Waals surface area contributed by atoms with E-state index in [-0.39, 0.29) is 11.6 Å². The molecule has 0 N–H and O–H groups in total. The fourth-order valence-electron chi connectivity index (χ4n) is 1.80. The molecule has 1 saturated heterocycles. The highest BCUT2D eigenvalue weighted by Gasteiger charge is 2.34. The molecule has 0 bridgehead atoms. The molecule has 1 rings (SSSR count). The summed E-state index contributed by atoms with van der Waals surface area (Å²) in [5.41, 5.74) is -0.147. The standard InChI is InChI=1S/C11H20O2/c1-9(2)5-4-7-11(3)8-6-10(12)13-11/h9H,4-8H2,1-3H3/t11-/m0/s1. The predicted octanol–water partition coefficient (Wildman–Crippen LogP) is 2.91. The Morgan fingerprint density at radius 1 is 1.54 bits per heavy atom. The van der Waals surface area contributed by atoms with Crippen LogP contribution in [-0.4, -0.2) is 11.6 Å². The summed E-state index contributed by atoms with van der Waals surface area (Å²) in [6, 6.07) is 0. The molecule has 1 atom stereocenters. The van der Waals surface area contributed by atoms with Gasteiger partial charge in [-0.2, -0.15) is 0 Å². The van der Waals surface area contributed by atoms with Crippen LogP contribution in [0.25, 0.3) is 0 Å². The molecule has 0 aromatic heterocycles. The summed E-state index contributed by atoms with van der Waals surface area (Å²) in [7, 11) is 0. The van der Waals surface area contributed by atoms with Crippen molar-refractivity contribution in [3.05, 3.63) is 0 Å². The van der Waals surface area contributed by atoms with Gasteiger partial charge in [0.15, 0.2) is 0 Å². The lowest BCUT2D eigenvalue weighted by Crippen LogP contribution is -2.23. The first kappa shape index (κ1) is 10.6. The Bertz CT molecular complexity index is 187. The van der Waals surface area contributed by atoms with Crippen molar-refractivity contribution in [1.82, 2.24) is 0 Å². The lowest BCUT2D eigenvalue weighted by molar-refractivity contribution is -0.147. The van der Waals surface area contributed by atoms with Gasteiger partial charge >= 0.3 is 5.97 Å². The molecule has 0 unspecified atom stereocenters. The van der Waals surface area contributed by atoms with Gasteiger partial charge in [-0.25, -0.2) is 0 Å². The van der Waals surface area contributed by atoms with Gasteiger partial charge in [0.05, 0.1) is 0 Å². The van der Waals surface area contributed by atoms with Gasteiger partial charge in [0, 0.05) is 6.42 Å². The normalized spacial score (nSPS) is 28.2. The number of hydrogen-bond acceptors (Lipinski definition) is 2. The Labute approximate surface area is 80.7 Å². The molecule has 0 aliphatic carbocycles. The van der Waals surface area contributed by atoms with Crippen molar-refractivity contribution in [3.8, 4) is 0 Å². The van der Waals surface area contributed by atoms with E-state index in [1.54, 1.807) is 0 Å². The van der Waals surface area contributed by atoms with E-state index in [1.807, 2.05) is 0 Å². The van der Waals surface area contributed by atoms with Crippen LogP contribution in [0.2, 0.25) is 0 Å². The molecule has 2 heteroatoms. The quantitative estimate of drug-likeness (QED) is 0.628. The van der Waals surface area contributed by atoms with Gasteiger partial charge < -0.3 is 4.74 Å². The van der Waals surface area contributed by atoms with Crippen LogP contribution in [0.1, 0.15) is 52.9 Å². The van der Waals surface area contributed by atoms with Crippen LogP contribution in [-0.2, 0) is 9.53 Å². The van der Waals surface area contributed by atoms with Crippen molar-refractivity contribution in [2.75, 3.05) is 0 Å². The van der Waals surface area contributed by atoms with Crippen LogP contribution >= 0.6 is 0 Å². The maximum Gasteiger partial charge on any atom is 0.306 e. The zero-order chi connectivity index (χ0) is 9.90. The Morgan fingerprint density at radius 3 is 2.69 bits per heavy atom. The number of esters is 1. The number of carbonyl (C=O) groups excluding carboxylic acids is 1. The number of cyclic esters (lactones) is 1. The molecule has 76 valence electrons. The van der Waals surface area contributed by atoms with Crippen LogP contribution in [0.4, 0.5) is 0 Å². The van der Waals surface area contributed by atoms with E-state index < -0.39 is 0 Å². The van der Waals surface area contributed by atoms with Crippen molar-refractivity contribution in [2.24, 2.45) is 5.92 Å². The maximum atomic E-state index is 10.9. The third-order valence-electron chi connectivity index (χ3n) is 2.71. The maximum absolute atomic E-state index is 10.9. The Balaban J connectivity index is 2.24. The predicted molar refractivity (Wildman–Crippen MR) is 52.4 cm³/mol. The van der Waals surface area contributed by atoms with Crippen molar-refractivity contribution < 1.29 is 9.53 Å². The number of rotatable bonds is 4. The van der Waals surface area contributed by atoms with Crippen molar-refractivity contribution >= 4 is 5.97 Å². The Kier molecular flexibility index (Phi) is 3.34. The minimum absolute atomic E-state index is 0.0213. The second kappa shape index (κ2) is 4.12. The zero-order valence-electron chi connectivity index (χ0n) is 8.93. The third kappa shape index (κ3) is 3.37. The topological polar surface area (TPSA) is 26.3 Å². The number of carbonyl (C=O) groups is 1. The number of hydrogen-bond donors (Lipinski definition) is 0. The van der Waals surface area contributed by atoms with Gasteiger partial charge in [0.1, 0.15) is 5.60 Å². The molecule has 0 saturated carbocycles. The fourth-order valence-corrected chi connectivity index (χ4v) is 1.80. The summed E-state index contributed by atoms with van der Waals surface area (Å²) >= 11 is 0. The van der Waals surface area contributed by atoms with Crippen LogP contribution in [0.5, 0.6) is 0 Å². The molecule has 0 amide bonds. The summed E-state index contributed by atoms with van der Waals surface area (Å²) in [6.45, 7) is 6.50. The van der Waals surface area contributed by atoms with Gasteiger partial charge in [-0.1, -0.05) is 20.3 Å². The molecule has 0 aromatic rings. The largest absolute Gasteiger partial charge is 0.459 e. The van der Waals surface area contributed by atoms with E-state index in [0.29, 0.717) is 6.42 Å². The Morgan fingerprint density at radius 2 is 2.23 bits per heavy atom. The third-order valence-corrected chi connectivity index (χ3v) is 2.71. The van der Waals surface area contributed by atoms with Crippen molar-refractivity contribution in [3.63, 3.8) is 0 Å². The molecule has 1 heterocycles. The average molecular weight is 184 g/mol. The monoisotopic (exact) mass is 184 g/mol. The Hall–Kier alpha value is -0.530. The minimum Gasteiger partial charge on any atom is -0.459 e. The fraction of sp³-hybridized carbons (Fsp3) is 0.909. The van der Waals surface area contributed by atoms with Crippen molar-refractivity contribution in [1.29, 1.82) is 0 Å². The van der Waals surface area contributed by atoms with Crippen LogP contribution in [0, 0.1) is 5.92 Å². The molecule has 0 aromatic carbocycles. The van der Waals surface area contributed by atoms with Gasteiger partial charge in [0.25, 0.3) is 0 Å². The smallest absolute Gasteiger partial charge is 0.306 e. The molecular weight excluding hydrogens is 164 g/mol. The van der Waals surface area contributed by atoms with Crippen LogP contribution in [0.3, 0.4) is 0 Å². The molecule has 1 aliphatic rings. The number of ether oxygens (including phenoxy) is 1. The summed E-state index contributed by atoms with van der Waals surface area (Å²) in [6.07, 6.45) is 4.94. The van der Waals surface area contributed by atoms with Gasteiger partial charge in [-0.05, 0) is 32.1 Å². The van der Waals surface area contributed by atoms with Crippen molar-refractivity contribution in [2.45, 2.75) is 58.5 Å². The summed E-state index contributed by atoms with van der Waals surface area (Å²) in [5.74, 6) is 0.729. The summed E-state index contributed by atoms with van der Waals surface area (Å²) in [5, 5.41) is 0. The van der Waals surface area contributed by atoms with E-state index in [2.05, 4.69) is 20.8 Å². The first-order chi connectivity index (χ1) is 6.02. The summed E-state index contributed by atoms with van der Waals surface area (Å²) < 4.78 is 5.29. The highest BCUT2D eigenvalue weighted by molar-refractivity contribution is 5.72. The molecule has 1 fully saturated rings. The summed E-state index contributed by atoms with van der Waals surface area (Å²) in [4.78, 5) is 10.9. The second-order valence-electron chi connectivity index (χ2n) is 4.71. The molecule has 13 heavy (non-hydrogen) atoms. The lowest BCUT2D eigenvalue weighted by Gasteiger charge is -2.22. The first-order valence-electron chi connectivity index (χ1n) is 5.24. The molecule has 1 aliphatic heterocycles. The zero-order valence-corrected chi connectivity index (χ0v) is 8.93. The average Bonchev–Trinajstić information content (AvgIpc) is 2.30. The lowest BCUT2D eigenvalue weighted by atomic mass is 9.93. The first-order valence-corrected chi connectivity index (χ1v) is 5.24. The second-order valence-corrected chi connectivity index (χ2v) is 4.71. The molecule has 2 nitrogen and oxygen atoms in total. The van der Waals surface area contributed by atoms with Crippen LogP contribution in [0.15, 0.2) is 0 Å².